The zero-order valence-corrected chi connectivity index (χ0v) is 13.5. The first-order valence-corrected chi connectivity index (χ1v) is 7.94. The largest absolute Gasteiger partial charge is 0.454 e. The molecule has 0 atom stereocenters. The van der Waals surface area contributed by atoms with E-state index < -0.39 is 5.91 Å². The van der Waals surface area contributed by atoms with E-state index in [1.54, 1.807) is 18.2 Å². The number of anilines is 2. The fourth-order valence-corrected chi connectivity index (χ4v) is 3.77. The van der Waals surface area contributed by atoms with E-state index in [0.717, 1.165) is 11.3 Å². The molecule has 1 aromatic carbocycles. The van der Waals surface area contributed by atoms with Crippen molar-refractivity contribution in [1.82, 2.24) is 4.98 Å². The first-order chi connectivity index (χ1) is 12.0. The van der Waals surface area contributed by atoms with Crippen LogP contribution in [0.15, 0.2) is 18.2 Å². The van der Waals surface area contributed by atoms with Gasteiger partial charge in [-0.2, -0.15) is 5.26 Å². The number of nitrogens with zero attached hydrogens (tertiary/aromatic N) is 2. The number of benzene rings is 1. The average molecular weight is 353 g/mol. The quantitative estimate of drug-likeness (QED) is 0.635. The van der Waals surface area contributed by atoms with Crippen LogP contribution in [-0.4, -0.2) is 17.7 Å². The number of amides is 1. The molecule has 4 rings (SSSR count). The maximum absolute atomic E-state index is 11.6. The molecule has 0 spiro atoms. The Balaban J connectivity index is 2.11. The molecule has 1 aliphatic heterocycles. The van der Waals surface area contributed by atoms with Crippen LogP contribution in [0, 0.1) is 11.3 Å². The van der Waals surface area contributed by atoms with Gasteiger partial charge in [0.1, 0.15) is 27.2 Å². The van der Waals surface area contributed by atoms with E-state index in [9.17, 15) is 10.1 Å². The topological polar surface area (TPSA) is 150 Å². The zero-order valence-electron chi connectivity index (χ0n) is 12.7. The number of carbonyl (C=O) groups is 1. The van der Waals surface area contributed by atoms with Gasteiger partial charge in [-0.15, -0.1) is 11.3 Å². The number of nitrogen functional groups attached to an aromatic ring is 2. The third kappa shape index (κ3) is 2.12. The average Bonchev–Trinajstić information content (AvgIpc) is 3.17. The summed E-state index contributed by atoms with van der Waals surface area (Å²) in [5.41, 5.74) is 19.0. The number of nitrogens with two attached hydrogens (primary N) is 3. The van der Waals surface area contributed by atoms with E-state index in [4.69, 9.17) is 26.7 Å². The van der Waals surface area contributed by atoms with Crippen molar-refractivity contribution >= 4 is 39.0 Å². The van der Waals surface area contributed by atoms with Crippen LogP contribution >= 0.6 is 11.3 Å². The van der Waals surface area contributed by atoms with Gasteiger partial charge in [-0.3, -0.25) is 4.79 Å². The Kier molecular flexibility index (Phi) is 3.16. The van der Waals surface area contributed by atoms with E-state index in [-0.39, 0.29) is 28.7 Å². The Labute approximate surface area is 145 Å². The van der Waals surface area contributed by atoms with E-state index in [0.29, 0.717) is 32.8 Å². The maximum Gasteiger partial charge on any atom is 0.260 e. The van der Waals surface area contributed by atoms with Gasteiger partial charge in [0.15, 0.2) is 11.5 Å². The molecule has 0 fully saturated rings. The van der Waals surface area contributed by atoms with Crippen LogP contribution in [-0.2, 0) is 0 Å². The van der Waals surface area contributed by atoms with Gasteiger partial charge < -0.3 is 26.7 Å². The van der Waals surface area contributed by atoms with Gasteiger partial charge >= 0.3 is 0 Å². The highest BCUT2D eigenvalue weighted by atomic mass is 32.1. The van der Waals surface area contributed by atoms with Crippen molar-refractivity contribution in [2.24, 2.45) is 5.73 Å². The van der Waals surface area contributed by atoms with Crippen molar-refractivity contribution in [3.63, 3.8) is 0 Å². The van der Waals surface area contributed by atoms with Crippen molar-refractivity contribution in [1.29, 1.82) is 5.26 Å². The molecule has 8 nitrogen and oxygen atoms in total. The number of carbonyl (C=O) groups excluding carboxylic acids is 1. The molecule has 0 saturated heterocycles. The van der Waals surface area contributed by atoms with E-state index in [1.165, 1.54) is 0 Å². The highest BCUT2D eigenvalue weighted by Gasteiger charge is 2.24. The van der Waals surface area contributed by atoms with Crippen LogP contribution in [0.5, 0.6) is 11.5 Å². The smallest absolute Gasteiger partial charge is 0.260 e. The minimum absolute atomic E-state index is 0.0555. The normalized spacial score (nSPS) is 12.3. The summed E-state index contributed by atoms with van der Waals surface area (Å²) in [7, 11) is 0. The molecule has 124 valence electrons. The Morgan fingerprint density at radius 2 is 2.04 bits per heavy atom. The molecular weight excluding hydrogens is 342 g/mol. The molecule has 1 amide bonds. The summed E-state index contributed by atoms with van der Waals surface area (Å²) in [6.45, 7) is 0.129. The van der Waals surface area contributed by atoms with Crippen molar-refractivity contribution in [3.05, 3.63) is 28.6 Å². The zero-order chi connectivity index (χ0) is 17.7. The Morgan fingerprint density at radius 1 is 1.28 bits per heavy atom. The van der Waals surface area contributed by atoms with E-state index in [1.807, 2.05) is 0 Å². The van der Waals surface area contributed by atoms with Crippen LogP contribution in [0.1, 0.15) is 15.2 Å². The highest BCUT2D eigenvalue weighted by molar-refractivity contribution is 7.21. The molecule has 0 saturated carbocycles. The van der Waals surface area contributed by atoms with Crippen LogP contribution in [0.2, 0.25) is 0 Å². The number of thiophene rings is 1. The first kappa shape index (κ1) is 15.0. The predicted molar refractivity (Wildman–Crippen MR) is 93.2 cm³/mol. The summed E-state index contributed by atoms with van der Waals surface area (Å²) in [5.74, 6) is 0.555. The number of rotatable bonds is 2. The molecule has 0 bridgehead atoms. The summed E-state index contributed by atoms with van der Waals surface area (Å²) in [6.07, 6.45) is 0. The van der Waals surface area contributed by atoms with E-state index in [2.05, 4.69) is 11.1 Å². The summed E-state index contributed by atoms with van der Waals surface area (Å²) in [5, 5.41) is 10.0. The van der Waals surface area contributed by atoms with Gasteiger partial charge in [0, 0.05) is 10.9 Å². The SMILES string of the molecule is N#Cc1c(N)nc2sc(C(N)=O)c(N)c2c1-c1ccc2c(c1)OCO2. The maximum atomic E-state index is 11.6. The van der Waals surface area contributed by atoms with Gasteiger partial charge in [0.2, 0.25) is 6.79 Å². The van der Waals surface area contributed by atoms with Gasteiger partial charge in [-0.05, 0) is 17.7 Å². The number of nitriles is 1. The first-order valence-electron chi connectivity index (χ1n) is 7.12. The van der Waals surface area contributed by atoms with Gasteiger partial charge in [0.05, 0.1) is 5.69 Å². The van der Waals surface area contributed by atoms with Crippen molar-refractivity contribution in [2.75, 3.05) is 18.3 Å². The Hall–Kier alpha value is -3.51. The minimum Gasteiger partial charge on any atom is -0.454 e. The molecule has 6 N–H and O–H groups in total. The highest BCUT2D eigenvalue weighted by Crippen LogP contribution is 2.44. The molecule has 25 heavy (non-hydrogen) atoms. The number of primary amides is 1. The van der Waals surface area contributed by atoms with Gasteiger partial charge in [0.25, 0.3) is 5.91 Å². The number of fused-ring (bicyclic) bond motifs is 2. The molecule has 0 aliphatic carbocycles. The van der Waals surface area contributed by atoms with Crippen LogP contribution in [0.25, 0.3) is 21.3 Å². The van der Waals surface area contributed by atoms with Crippen LogP contribution in [0.4, 0.5) is 11.5 Å². The lowest BCUT2D eigenvalue weighted by molar-refractivity contribution is 0.100. The Bertz CT molecular complexity index is 1100. The van der Waals surface area contributed by atoms with Crippen molar-refractivity contribution in [3.8, 4) is 28.7 Å². The standard InChI is InChI=1S/C16H11N5O3S/c17-4-7-10(6-1-2-8-9(3-6)24-5-23-8)11-12(18)13(15(20)22)25-16(11)21-14(7)19/h1-3H,5,18H2,(H2,19,21)(H2,20,22). The summed E-state index contributed by atoms with van der Waals surface area (Å²) < 4.78 is 10.7. The second-order valence-corrected chi connectivity index (χ2v) is 6.32. The lowest BCUT2D eigenvalue weighted by Crippen LogP contribution is -2.10. The number of aromatic nitrogens is 1. The number of ether oxygens (including phenoxy) is 2. The Morgan fingerprint density at radius 3 is 2.76 bits per heavy atom. The lowest BCUT2D eigenvalue weighted by Gasteiger charge is -2.10. The minimum atomic E-state index is -0.658. The number of hydrogen-bond acceptors (Lipinski definition) is 8. The van der Waals surface area contributed by atoms with Gasteiger partial charge in [-0.1, -0.05) is 6.07 Å². The summed E-state index contributed by atoms with van der Waals surface area (Å²) >= 11 is 1.04. The lowest BCUT2D eigenvalue weighted by atomic mass is 9.97. The fourth-order valence-electron chi connectivity index (χ4n) is 2.81. The number of hydrogen-bond donors (Lipinski definition) is 3. The van der Waals surface area contributed by atoms with Crippen molar-refractivity contribution in [2.45, 2.75) is 0 Å². The van der Waals surface area contributed by atoms with Crippen LogP contribution < -0.4 is 26.7 Å². The van der Waals surface area contributed by atoms with Crippen molar-refractivity contribution < 1.29 is 14.3 Å². The fraction of sp³-hybridized carbons (Fsp3) is 0.0625. The predicted octanol–water partition coefficient (Wildman–Crippen LogP) is 1.83. The van der Waals surface area contributed by atoms with Crippen LogP contribution in [0.3, 0.4) is 0 Å². The second kappa shape index (κ2) is 5.25. The third-order valence-corrected chi connectivity index (χ3v) is 5.02. The monoisotopic (exact) mass is 353 g/mol. The number of pyridine rings is 1. The molecular formula is C16H11N5O3S. The summed E-state index contributed by atoms with van der Waals surface area (Å²) in [4.78, 5) is 16.4. The molecule has 0 radical (unpaired) electrons. The molecule has 9 heteroatoms. The van der Waals surface area contributed by atoms with E-state index >= 15 is 0 Å². The molecule has 2 aromatic heterocycles. The second-order valence-electron chi connectivity index (χ2n) is 5.32. The summed E-state index contributed by atoms with van der Waals surface area (Å²) in [6, 6.07) is 7.30. The van der Waals surface area contributed by atoms with Gasteiger partial charge in [-0.25, -0.2) is 4.98 Å². The molecule has 1 aliphatic rings. The molecule has 3 aromatic rings. The molecule has 3 heterocycles. The molecule has 0 unspecified atom stereocenters. The third-order valence-electron chi connectivity index (χ3n) is 3.90.